The van der Waals surface area contributed by atoms with Gasteiger partial charge < -0.3 is 19.3 Å². The van der Waals surface area contributed by atoms with Crippen molar-refractivity contribution in [1.82, 2.24) is 14.7 Å². The molecule has 1 aromatic heterocycles. The van der Waals surface area contributed by atoms with Crippen molar-refractivity contribution in [2.75, 3.05) is 38.2 Å². The lowest BCUT2D eigenvalue weighted by atomic mass is 10.1. The quantitative estimate of drug-likeness (QED) is 0.737. The molecule has 0 bridgehead atoms. The number of piperazine rings is 1. The lowest BCUT2D eigenvalue weighted by Crippen LogP contribution is -2.50. The van der Waals surface area contributed by atoms with Gasteiger partial charge in [-0.25, -0.2) is 9.59 Å². The Hall–Kier alpha value is -2.77. The van der Waals surface area contributed by atoms with E-state index < -0.39 is 5.60 Å². The number of esters is 1. The maximum atomic E-state index is 12.3. The summed E-state index contributed by atoms with van der Waals surface area (Å²) in [5.74, 6) is -0.377. The van der Waals surface area contributed by atoms with Crippen LogP contribution in [0.25, 0.3) is 10.9 Å². The van der Waals surface area contributed by atoms with Crippen molar-refractivity contribution in [2.45, 2.75) is 45.3 Å². The van der Waals surface area contributed by atoms with Crippen LogP contribution < -0.4 is 4.90 Å². The predicted molar refractivity (Wildman–Crippen MR) is 109 cm³/mol. The summed E-state index contributed by atoms with van der Waals surface area (Å²) in [4.78, 5) is 28.5. The largest absolute Gasteiger partial charge is 0.465 e. The number of nitrogens with zero attached hydrogens (tertiary/aromatic N) is 4. The highest BCUT2D eigenvalue weighted by Crippen LogP contribution is 2.38. The molecule has 0 radical (unpaired) electrons. The van der Waals surface area contributed by atoms with Crippen LogP contribution in [0.1, 0.15) is 50.0 Å². The Morgan fingerprint density at radius 2 is 1.79 bits per heavy atom. The van der Waals surface area contributed by atoms with E-state index in [2.05, 4.69) is 10.00 Å². The monoisotopic (exact) mass is 400 g/mol. The Labute approximate surface area is 170 Å². The summed E-state index contributed by atoms with van der Waals surface area (Å²) < 4.78 is 12.4. The highest BCUT2D eigenvalue weighted by Gasteiger charge is 2.29. The van der Waals surface area contributed by atoms with Gasteiger partial charge in [0.1, 0.15) is 11.1 Å². The van der Waals surface area contributed by atoms with Crippen molar-refractivity contribution >= 4 is 28.7 Å². The third-order valence-corrected chi connectivity index (χ3v) is 5.27. The summed E-state index contributed by atoms with van der Waals surface area (Å²) in [6.07, 6.45) is 4.00. The number of anilines is 1. The Kier molecular flexibility index (Phi) is 4.88. The molecule has 2 fully saturated rings. The van der Waals surface area contributed by atoms with E-state index >= 15 is 0 Å². The maximum Gasteiger partial charge on any atom is 0.410 e. The van der Waals surface area contributed by atoms with E-state index in [-0.39, 0.29) is 12.1 Å². The number of aromatic nitrogens is 2. The molecule has 0 spiro atoms. The van der Waals surface area contributed by atoms with E-state index in [1.165, 1.54) is 7.11 Å². The average molecular weight is 400 g/mol. The summed E-state index contributed by atoms with van der Waals surface area (Å²) in [7, 11) is 1.38. The van der Waals surface area contributed by atoms with Gasteiger partial charge in [-0.05, 0) is 45.7 Å². The van der Waals surface area contributed by atoms with Crippen molar-refractivity contribution in [1.29, 1.82) is 0 Å². The topological polar surface area (TPSA) is 76.9 Å². The van der Waals surface area contributed by atoms with E-state index in [1.54, 1.807) is 11.0 Å². The highest BCUT2D eigenvalue weighted by molar-refractivity contribution is 6.06. The second-order valence-electron chi connectivity index (χ2n) is 8.68. The minimum Gasteiger partial charge on any atom is -0.465 e. The van der Waals surface area contributed by atoms with E-state index in [9.17, 15) is 9.59 Å². The number of carbonyl (C=O) groups is 2. The minimum absolute atomic E-state index is 0.273. The summed E-state index contributed by atoms with van der Waals surface area (Å²) in [6.45, 7) is 8.19. The standard InChI is InChI=1S/C21H28N4O4/c1-21(2,3)29-20(27)24-11-9-23(10-12-24)17-8-7-15(19(26)28-4)18-16(17)13-25(22-18)14-5-6-14/h7-8,13-14H,5-6,9-12H2,1-4H3. The number of hydrogen-bond acceptors (Lipinski definition) is 6. The molecule has 1 aliphatic carbocycles. The molecule has 1 saturated carbocycles. The molecule has 2 heterocycles. The molecule has 0 unspecified atom stereocenters. The first-order valence-corrected chi connectivity index (χ1v) is 10.1. The van der Waals surface area contributed by atoms with Crippen molar-refractivity contribution in [3.05, 3.63) is 23.9 Å². The fraction of sp³-hybridized carbons (Fsp3) is 0.571. The fourth-order valence-corrected chi connectivity index (χ4v) is 3.64. The molecule has 8 nitrogen and oxygen atoms in total. The van der Waals surface area contributed by atoms with Crippen LogP contribution in [0, 0.1) is 0 Å². The number of benzene rings is 1. The van der Waals surface area contributed by atoms with Crippen LogP contribution in [0.2, 0.25) is 0 Å². The number of amides is 1. The molecule has 0 atom stereocenters. The fourth-order valence-electron chi connectivity index (χ4n) is 3.64. The number of rotatable bonds is 3. The van der Waals surface area contributed by atoms with Gasteiger partial charge in [-0.2, -0.15) is 5.10 Å². The number of ether oxygens (including phenoxy) is 2. The molecular weight excluding hydrogens is 372 g/mol. The lowest BCUT2D eigenvalue weighted by molar-refractivity contribution is 0.0240. The van der Waals surface area contributed by atoms with Gasteiger partial charge in [0.2, 0.25) is 0 Å². The summed E-state index contributed by atoms with van der Waals surface area (Å²) in [5, 5.41) is 5.64. The van der Waals surface area contributed by atoms with Crippen molar-refractivity contribution in [3.8, 4) is 0 Å². The maximum absolute atomic E-state index is 12.3. The van der Waals surface area contributed by atoms with Crippen LogP contribution in [0.3, 0.4) is 0 Å². The molecule has 0 N–H and O–H groups in total. The average Bonchev–Trinajstić information content (AvgIpc) is 3.44. The third kappa shape index (κ3) is 4.02. The second kappa shape index (κ2) is 7.24. The number of hydrogen-bond donors (Lipinski definition) is 0. The second-order valence-corrected chi connectivity index (χ2v) is 8.68. The number of carbonyl (C=O) groups excluding carboxylic acids is 2. The van der Waals surface area contributed by atoms with Gasteiger partial charge in [-0.15, -0.1) is 0 Å². The first-order chi connectivity index (χ1) is 13.8. The van der Waals surface area contributed by atoms with E-state index in [0.717, 1.165) is 23.9 Å². The molecule has 1 aliphatic heterocycles. The van der Waals surface area contributed by atoms with Gasteiger partial charge in [0, 0.05) is 43.4 Å². The van der Waals surface area contributed by atoms with Gasteiger partial charge in [0.25, 0.3) is 0 Å². The molecule has 156 valence electrons. The van der Waals surface area contributed by atoms with Crippen molar-refractivity contribution < 1.29 is 19.1 Å². The smallest absolute Gasteiger partial charge is 0.410 e. The summed E-state index contributed by atoms with van der Waals surface area (Å²) in [6, 6.07) is 4.16. The molecule has 1 aromatic carbocycles. The lowest BCUT2D eigenvalue weighted by Gasteiger charge is -2.37. The Morgan fingerprint density at radius 1 is 1.10 bits per heavy atom. The SMILES string of the molecule is COC(=O)c1ccc(N2CCN(C(=O)OC(C)(C)C)CC2)c2cn(C3CC3)nc12. The van der Waals surface area contributed by atoms with E-state index in [1.807, 2.05) is 37.7 Å². The predicted octanol–water partition coefficient (Wildman–Crippen LogP) is 3.21. The molecule has 8 heteroatoms. The molecule has 2 aromatic rings. The van der Waals surface area contributed by atoms with Crippen LogP contribution in [-0.2, 0) is 9.47 Å². The molecule has 2 aliphatic rings. The molecule has 29 heavy (non-hydrogen) atoms. The van der Waals surface area contributed by atoms with Crippen LogP contribution in [0.15, 0.2) is 18.3 Å². The zero-order valence-electron chi connectivity index (χ0n) is 17.5. The van der Waals surface area contributed by atoms with Gasteiger partial charge in [-0.3, -0.25) is 4.68 Å². The number of methoxy groups -OCH3 is 1. The van der Waals surface area contributed by atoms with Gasteiger partial charge in [0.15, 0.2) is 0 Å². The zero-order valence-corrected chi connectivity index (χ0v) is 17.5. The van der Waals surface area contributed by atoms with Crippen LogP contribution in [0.5, 0.6) is 0 Å². The molecular formula is C21H28N4O4. The molecule has 1 saturated heterocycles. The first-order valence-electron chi connectivity index (χ1n) is 10.1. The summed E-state index contributed by atoms with van der Waals surface area (Å²) in [5.41, 5.74) is 1.69. The van der Waals surface area contributed by atoms with Gasteiger partial charge >= 0.3 is 12.1 Å². The van der Waals surface area contributed by atoms with E-state index in [4.69, 9.17) is 9.47 Å². The Morgan fingerprint density at radius 3 is 2.38 bits per heavy atom. The van der Waals surface area contributed by atoms with Crippen molar-refractivity contribution in [2.24, 2.45) is 0 Å². The first kappa shape index (κ1) is 19.5. The number of fused-ring (bicyclic) bond motifs is 1. The highest BCUT2D eigenvalue weighted by atomic mass is 16.6. The Balaban J connectivity index is 1.57. The Bertz CT molecular complexity index is 934. The summed E-state index contributed by atoms with van der Waals surface area (Å²) >= 11 is 0. The van der Waals surface area contributed by atoms with Crippen LogP contribution in [-0.4, -0.2) is 65.6 Å². The zero-order chi connectivity index (χ0) is 20.8. The molecule has 4 rings (SSSR count). The minimum atomic E-state index is -0.499. The third-order valence-electron chi connectivity index (χ3n) is 5.27. The van der Waals surface area contributed by atoms with Crippen LogP contribution >= 0.6 is 0 Å². The molecule has 1 amide bonds. The van der Waals surface area contributed by atoms with Crippen LogP contribution in [0.4, 0.5) is 10.5 Å². The van der Waals surface area contributed by atoms with Gasteiger partial charge in [0.05, 0.1) is 18.7 Å². The van der Waals surface area contributed by atoms with Gasteiger partial charge in [-0.1, -0.05) is 0 Å². The normalized spacial score (nSPS) is 17.5. The van der Waals surface area contributed by atoms with E-state index in [0.29, 0.717) is 43.3 Å². The van der Waals surface area contributed by atoms with Crippen molar-refractivity contribution in [3.63, 3.8) is 0 Å².